The largest absolute Gasteiger partial charge is 0.417 e. The molecule has 3 N–H and O–H groups in total. The third-order valence-corrected chi connectivity index (χ3v) is 2.99. The van der Waals surface area contributed by atoms with E-state index < -0.39 is 23.9 Å². The SMILES string of the molecule is CN(N)C(=O)C1=NO[C@H](Nc2ncc(C(F)(F)F)cc2Cl)C1. The van der Waals surface area contributed by atoms with Crippen LogP contribution in [0, 0.1) is 0 Å². The van der Waals surface area contributed by atoms with E-state index in [4.69, 9.17) is 22.3 Å². The summed E-state index contributed by atoms with van der Waals surface area (Å²) in [5, 5.41) is 6.82. The number of anilines is 1. The van der Waals surface area contributed by atoms with Crippen LogP contribution in [0.2, 0.25) is 5.02 Å². The molecule has 0 aliphatic carbocycles. The monoisotopic (exact) mass is 337 g/mol. The Morgan fingerprint density at radius 2 is 2.27 bits per heavy atom. The van der Waals surface area contributed by atoms with Crippen molar-refractivity contribution in [2.75, 3.05) is 12.4 Å². The minimum atomic E-state index is -4.53. The Kier molecular flexibility index (Phi) is 4.42. The van der Waals surface area contributed by atoms with Crippen molar-refractivity contribution in [2.24, 2.45) is 11.0 Å². The molecular weight excluding hydrogens is 327 g/mol. The fourth-order valence-corrected chi connectivity index (χ4v) is 1.86. The fraction of sp³-hybridized carbons (Fsp3) is 0.364. The van der Waals surface area contributed by atoms with E-state index in [2.05, 4.69) is 15.5 Å². The maximum absolute atomic E-state index is 12.5. The number of nitrogens with two attached hydrogens (primary N) is 1. The Balaban J connectivity index is 2.03. The highest BCUT2D eigenvalue weighted by molar-refractivity contribution is 6.38. The molecule has 11 heteroatoms. The van der Waals surface area contributed by atoms with E-state index in [1.54, 1.807) is 0 Å². The maximum Gasteiger partial charge on any atom is 0.417 e. The Bertz CT molecular complexity index is 620. The molecule has 1 aromatic heterocycles. The first-order chi connectivity index (χ1) is 10.2. The standard InChI is InChI=1S/C11H11ClF3N5O2/c1-20(16)10(21)7-3-8(22-19-7)18-9-6(12)2-5(4-17-9)11(13,14)15/h2,4,8H,3,16H2,1H3,(H,17,18)/t8-/m0/s1. The molecule has 1 aliphatic rings. The second-order valence-electron chi connectivity index (χ2n) is 4.45. The van der Waals surface area contributed by atoms with Gasteiger partial charge in [0.15, 0.2) is 5.71 Å². The van der Waals surface area contributed by atoms with Crippen molar-refractivity contribution < 1.29 is 22.8 Å². The summed E-state index contributed by atoms with van der Waals surface area (Å²) in [5.41, 5.74) is -0.891. The summed E-state index contributed by atoms with van der Waals surface area (Å²) in [4.78, 5) is 20.1. The molecule has 0 aromatic carbocycles. The first kappa shape index (κ1) is 16.3. The van der Waals surface area contributed by atoms with Gasteiger partial charge in [0.2, 0.25) is 6.23 Å². The van der Waals surface area contributed by atoms with Crippen LogP contribution in [0.5, 0.6) is 0 Å². The van der Waals surface area contributed by atoms with E-state index in [0.29, 0.717) is 6.20 Å². The van der Waals surface area contributed by atoms with Crippen molar-refractivity contribution >= 4 is 29.0 Å². The van der Waals surface area contributed by atoms with E-state index in [0.717, 1.165) is 11.1 Å². The molecule has 2 heterocycles. The van der Waals surface area contributed by atoms with Gasteiger partial charge in [-0.2, -0.15) is 13.2 Å². The number of hydrogen-bond acceptors (Lipinski definition) is 6. The molecule has 1 aromatic rings. The Morgan fingerprint density at radius 3 is 2.82 bits per heavy atom. The van der Waals surface area contributed by atoms with Gasteiger partial charge in [-0.05, 0) is 6.07 Å². The molecular formula is C11H11ClF3N5O2. The van der Waals surface area contributed by atoms with Crippen LogP contribution >= 0.6 is 11.6 Å². The normalized spacial score (nSPS) is 17.7. The number of oxime groups is 1. The van der Waals surface area contributed by atoms with Gasteiger partial charge < -0.3 is 10.2 Å². The number of alkyl halides is 3. The number of nitrogens with zero attached hydrogens (tertiary/aromatic N) is 3. The van der Waals surface area contributed by atoms with Crippen LogP contribution in [0.3, 0.4) is 0 Å². The molecule has 1 aliphatic heterocycles. The zero-order valence-electron chi connectivity index (χ0n) is 11.2. The number of amides is 1. The molecule has 0 radical (unpaired) electrons. The van der Waals surface area contributed by atoms with Gasteiger partial charge >= 0.3 is 6.18 Å². The number of carbonyl (C=O) groups is 1. The van der Waals surface area contributed by atoms with Crippen molar-refractivity contribution in [1.29, 1.82) is 0 Å². The summed E-state index contributed by atoms with van der Waals surface area (Å²) in [6.07, 6.45) is -4.60. The van der Waals surface area contributed by atoms with Gasteiger partial charge in [0.05, 0.1) is 17.0 Å². The topological polar surface area (TPSA) is 92.8 Å². The van der Waals surface area contributed by atoms with Crippen molar-refractivity contribution in [1.82, 2.24) is 9.99 Å². The van der Waals surface area contributed by atoms with Crippen LogP contribution in [0.15, 0.2) is 17.4 Å². The van der Waals surface area contributed by atoms with Crippen LogP contribution in [-0.2, 0) is 15.8 Å². The van der Waals surface area contributed by atoms with E-state index in [1.165, 1.54) is 7.05 Å². The lowest BCUT2D eigenvalue weighted by Crippen LogP contribution is -2.38. The van der Waals surface area contributed by atoms with Crippen molar-refractivity contribution in [2.45, 2.75) is 18.8 Å². The number of aromatic nitrogens is 1. The van der Waals surface area contributed by atoms with Gasteiger partial charge in [-0.1, -0.05) is 16.8 Å². The lowest BCUT2D eigenvalue weighted by molar-refractivity contribution is -0.137. The molecule has 1 amide bonds. The molecule has 2 rings (SSSR count). The predicted octanol–water partition coefficient (Wildman–Crippen LogP) is 1.60. The van der Waals surface area contributed by atoms with Gasteiger partial charge in [-0.15, -0.1) is 0 Å². The number of hydrogen-bond donors (Lipinski definition) is 2. The maximum atomic E-state index is 12.5. The molecule has 0 bridgehead atoms. The minimum absolute atomic E-state index is 0.00957. The first-order valence-electron chi connectivity index (χ1n) is 5.93. The quantitative estimate of drug-likeness (QED) is 0.496. The second-order valence-corrected chi connectivity index (χ2v) is 4.86. The summed E-state index contributed by atoms with van der Waals surface area (Å²) < 4.78 is 37.5. The second kappa shape index (κ2) is 5.97. The van der Waals surface area contributed by atoms with E-state index in [-0.39, 0.29) is 23.0 Å². The molecule has 7 nitrogen and oxygen atoms in total. The van der Waals surface area contributed by atoms with Gasteiger partial charge in [-0.25, -0.2) is 10.8 Å². The lowest BCUT2D eigenvalue weighted by Gasteiger charge is -2.14. The van der Waals surface area contributed by atoms with Crippen LogP contribution in [0.1, 0.15) is 12.0 Å². The van der Waals surface area contributed by atoms with Crippen LogP contribution in [0.4, 0.5) is 19.0 Å². The summed E-state index contributed by atoms with van der Waals surface area (Å²) in [5.74, 6) is 4.74. The Morgan fingerprint density at radius 1 is 1.59 bits per heavy atom. The van der Waals surface area contributed by atoms with Crippen molar-refractivity contribution in [3.05, 3.63) is 22.8 Å². The molecule has 0 saturated heterocycles. The van der Waals surface area contributed by atoms with Gasteiger partial charge in [0, 0.05) is 13.2 Å². The summed E-state index contributed by atoms with van der Waals surface area (Å²) in [6, 6.07) is 0.742. The number of nitrogens with one attached hydrogen (secondary N) is 1. The summed E-state index contributed by atoms with van der Waals surface area (Å²) >= 11 is 5.75. The van der Waals surface area contributed by atoms with Crippen LogP contribution in [0.25, 0.3) is 0 Å². The molecule has 1 atom stereocenters. The first-order valence-corrected chi connectivity index (χ1v) is 6.31. The van der Waals surface area contributed by atoms with Crippen LogP contribution in [-0.4, -0.2) is 34.9 Å². The average molecular weight is 338 g/mol. The average Bonchev–Trinajstić information content (AvgIpc) is 2.87. The Hall–Kier alpha value is -2.07. The number of hydrazine groups is 1. The van der Waals surface area contributed by atoms with Gasteiger partial charge in [-0.3, -0.25) is 9.80 Å². The zero-order chi connectivity index (χ0) is 16.5. The number of pyridine rings is 1. The molecule has 120 valence electrons. The van der Waals surface area contributed by atoms with Gasteiger partial charge in [0.1, 0.15) is 5.82 Å². The van der Waals surface area contributed by atoms with E-state index in [9.17, 15) is 18.0 Å². The van der Waals surface area contributed by atoms with Crippen LogP contribution < -0.4 is 11.2 Å². The molecule has 0 saturated carbocycles. The summed E-state index contributed by atoms with van der Waals surface area (Å²) in [6.45, 7) is 0. The number of halogens is 4. The highest BCUT2D eigenvalue weighted by atomic mass is 35.5. The highest BCUT2D eigenvalue weighted by Gasteiger charge is 2.32. The number of carbonyl (C=O) groups excluding carboxylic acids is 1. The van der Waals surface area contributed by atoms with E-state index in [1.807, 2.05) is 0 Å². The number of rotatable bonds is 3. The molecule has 22 heavy (non-hydrogen) atoms. The third kappa shape index (κ3) is 3.57. The molecule has 0 unspecified atom stereocenters. The third-order valence-electron chi connectivity index (χ3n) is 2.70. The van der Waals surface area contributed by atoms with Crippen molar-refractivity contribution in [3.8, 4) is 0 Å². The summed E-state index contributed by atoms with van der Waals surface area (Å²) in [7, 11) is 1.35. The van der Waals surface area contributed by atoms with Crippen molar-refractivity contribution in [3.63, 3.8) is 0 Å². The lowest BCUT2D eigenvalue weighted by atomic mass is 10.2. The molecule has 0 fully saturated rings. The van der Waals surface area contributed by atoms with Gasteiger partial charge in [0.25, 0.3) is 5.91 Å². The van der Waals surface area contributed by atoms with E-state index >= 15 is 0 Å². The highest BCUT2D eigenvalue weighted by Crippen LogP contribution is 2.32. The molecule has 0 spiro atoms. The predicted molar refractivity (Wildman–Crippen MR) is 71.8 cm³/mol. The minimum Gasteiger partial charge on any atom is -0.370 e. The fourth-order valence-electron chi connectivity index (χ4n) is 1.64. The smallest absolute Gasteiger partial charge is 0.370 e. The zero-order valence-corrected chi connectivity index (χ0v) is 11.9. The Labute approximate surface area is 127 Å².